The van der Waals surface area contributed by atoms with Gasteiger partial charge in [-0.2, -0.15) is 0 Å². The maximum atomic E-state index is 12.6. The minimum Gasteiger partial charge on any atom is -0.351 e. The first kappa shape index (κ1) is 18.4. The van der Waals surface area contributed by atoms with Crippen molar-refractivity contribution in [2.75, 3.05) is 11.9 Å². The molecule has 0 aliphatic carbocycles. The molecule has 1 fully saturated rings. The highest BCUT2D eigenvalue weighted by atomic mass is 32.2. The van der Waals surface area contributed by atoms with Gasteiger partial charge in [0.25, 0.3) is 5.91 Å². The highest BCUT2D eigenvalue weighted by Gasteiger charge is 2.32. The molecule has 4 rings (SSSR count). The van der Waals surface area contributed by atoms with Gasteiger partial charge in [-0.25, -0.2) is 4.63 Å². The van der Waals surface area contributed by atoms with E-state index in [1.807, 2.05) is 29.9 Å². The van der Waals surface area contributed by atoms with Crippen LogP contribution in [0.25, 0.3) is 17.1 Å². The Morgan fingerprint density at radius 1 is 1.32 bits per heavy atom. The number of anilines is 1. The third-order valence-electron chi connectivity index (χ3n) is 4.26. The summed E-state index contributed by atoms with van der Waals surface area (Å²) in [5.74, 6) is -0.442. The molecule has 10 heteroatoms. The number of hydrogen-bond donors (Lipinski definition) is 1. The van der Waals surface area contributed by atoms with E-state index in [1.165, 1.54) is 16.7 Å². The third-order valence-corrected chi connectivity index (χ3v) is 5.64. The second-order valence-corrected chi connectivity index (χ2v) is 7.79. The molecule has 1 saturated heterocycles. The molecule has 0 spiro atoms. The summed E-state index contributed by atoms with van der Waals surface area (Å²) in [6, 6.07) is 9.02. The molecule has 3 heterocycles. The molecule has 1 aromatic carbocycles. The first-order chi connectivity index (χ1) is 13.5. The van der Waals surface area contributed by atoms with Crippen LogP contribution in [0.15, 0.2) is 46.1 Å². The van der Waals surface area contributed by atoms with Crippen molar-refractivity contribution in [2.24, 2.45) is 7.05 Å². The van der Waals surface area contributed by atoms with E-state index in [0.29, 0.717) is 25.9 Å². The van der Waals surface area contributed by atoms with Gasteiger partial charge in [0.15, 0.2) is 5.52 Å². The van der Waals surface area contributed by atoms with E-state index in [9.17, 15) is 9.59 Å². The van der Waals surface area contributed by atoms with E-state index >= 15 is 0 Å². The molecule has 28 heavy (non-hydrogen) atoms. The lowest BCUT2D eigenvalue weighted by atomic mass is 10.2. The van der Waals surface area contributed by atoms with Crippen LogP contribution < -0.4 is 5.32 Å². The van der Waals surface area contributed by atoms with E-state index in [-0.39, 0.29) is 24.8 Å². The lowest BCUT2D eigenvalue weighted by Crippen LogP contribution is -2.31. The zero-order valence-electron chi connectivity index (χ0n) is 14.8. The van der Waals surface area contributed by atoms with Crippen LogP contribution in [0.2, 0.25) is 0 Å². The third kappa shape index (κ3) is 3.56. The highest BCUT2D eigenvalue weighted by Crippen LogP contribution is 2.32. The number of rotatable bonds is 5. The molecular formula is C18H15N5O3S2. The van der Waals surface area contributed by atoms with Crippen molar-refractivity contribution in [3.63, 3.8) is 0 Å². The molecule has 1 aliphatic heterocycles. The molecule has 0 unspecified atom stereocenters. The smallest absolute Gasteiger partial charge is 0.266 e. The topological polar surface area (TPSA) is 93.3 Å². The van der Waals surface area contributed by atoms with Crippen LogP contribution in [0.4, 0.5) is 5.69 Å². The molecule has 1 N–H and O–H groups in total. The van der Waals surface area contributed by atoms with Crippen molar-refractivity contribution in [1.29, 1.82) is 0 Å². The molecule has 2 aromatic heterocycles. The van der Waals surface area contributed by atoms with Crippen molar-refractivity contribution in [1.82, 2.24) is 19.8 Å². The van der Waals surface area contributed by atoms with Crippen molar-refractivity contribution < 1.29 is 14.2 Å². The fourth-order valence-electron chi connectivity index (χ4n) is 2.78. The van der Waals surface area contributed by atoms with Crippen LogP contribution in [0.3, 0.4) is 0 Å². The Hall–Kier alpha value is -2.98. The van der Waals surface area contributed by atoms with Gasteiger partial charge in [-0.05, 0) is 40.7 Å². The molecule has 1 aliphatic rings. The number of hydrogen-bond acceptors (Lipinski definition) is 7. The van der Waals surface area contributed by atoms with Gasteiger partial charge in [0.05, 0.1) is 10.6 Å². The number of fused-ring (bicyclic) bond motifs is 1. The summed E-state index contributed by atoms with van der Waals surface area (Å²) in [5, 5.41) is 10.3. The summed E-state index contributed by atoms with van der Waals surface area (Å²) in [6.07, 6.45) is 3.81. The van der Waals surface area contributed by atoms with Gasteiger partial charge in [0.2, 0.25) is 5.91 Å². The molecule has 0 saturated carbocycles. The van der Waals surface area contributed by atoms with Gasteiger partial charge in [0.1, 0.15) is 9.84 Å². The van der Waals surface area contributed by atoms with Gasteiger partial charge in [-0.15, -0.1) is 0 Å². The van der Waals surface area contributed by atoms with E-state index in [2.05, 4.69) is 20.3 Å². The molecular weight excluding hydrogens is 398 g/mol. The van der Waals surface area contributed by atoms with Crippen molar-refractivity contribution in [3.05, 3.63) is 47.1 Å². The predicted octanol–water partition coefficient (Wildman–Crippen LogP) is 2.79. The first-order valence-corrected chi connectivity index (χ1v) is 9.63. The minimum atomic E-state index is -0.254. The number of aryl methyl sites for hydroxylation is 1. The summed E-state index contributed by atoms with van der Waals surface area (Å²) >= 11 is 6.56. The quantitative estimate of drug-likeness (QED) is 0.508. The average Bonchev–Trinajstić information content (AvgIpc) is 3.36. The SMILES string of the molecule is Cn1cccc1C=C1SC(=S)N(CCC(=O)Nc2cccc3nonc23)C1=O. The number of carbonyl (C=O) groups is 2. The van der Waals surface area contributed by atoms with E-state index < -0.39 is 0 Å². The van der Waals surface area contributed by atoms with Crippen molar-refractivity contribution >= 4 is 62.9 Å². The molecule has 0 radical (unpaired) electrons. The zero-order chi connectivity index (χ0) is 19.7. The van der Waals surface area contributed by atoms with Crippen molar-refractivity contribution in [3.8, 4) is 0 Å². The zero-order valence-corrected chi connectivity index (χ0v) is 16.4. The van der Waals surface area contributed by atoms with Crippen molar-refractivity contribution in [2.45, 2.75) is 6.42 Å². The Balaban J connectivity index is 1.40. The maximum Gasteiger partial charge on any atom is 0.266 e. The van der Waals surface area contributed by atoms with Gasteiger partial charge in [-0.1, -0.05) is 30.0 Å². The molecule has 0 bridgehead atoms. The average molecular weight is 413 g/mol. The number of thioether (sulfide) groups is 1. The number of thiocarbonyl (C=S) groups is 1. The Morgan fingerprint density at radius 3 is 2.96 bits per heavy atom. The Labute approximate surface area is 169 Å². The number of amides is 2. The van der Waals surface area contributed by atoms with Crippen LogP contribution >= 0.6 is 24.0 Å². The number of carbonyl (C=O) groups excluding carboxylic acids is 2. The van der Waals surface area contributed by atoms with Crippen LogP contribution in [-0.2, 0) is 16.6 Å². The summed E-state index contributed by atoms with van der Waals surface area (Å²) in [7, 11) is 1.90. The van der Waals surface area contributed by atoms with Crippen LogP contribution in [-0.4, -0.2) is 42.5 Å². The second-order valence-electron chi connectivity index (χ2n) is 6.11. The van der Waals surface area contributed by atoms with Gasteiger partial charge in [-0.3, -0.25) is 14.5 Å². The molecule has 2 amide bonds. The minimum absolute atomic E-state index is 0.103. The number of aromatic nitrogens is 3. The number of nitrogens with zero attached hydrogens (tertiary/aromatic N) is 4. The van der Waals surface area contributed by atoms with Gasteiger partial charge >= 0.3 is 0 Å². The normalized spacial score (nSPS) is 15.8. The summed E-state index contributed by atoms with van der Waals surface area (Å²) in [4.78, 5) is 27.0. The number of benzene rings is 1. The fourth-order valence-corrected chi connectivity index (χ4v) is 4.08. The molecule has 0 atom stereocenters. The van der Waals surface area contributed by atoms with E-state index in [1.54, 1.807) is 24.3 Å². The lowest BCUT2D eigenvalue weighted by molar-refractivity contribution is -0.122. The highest BCUT2D eigenvalue weighted by molar-refractivity contribution is 8.26. The van der Waals surface area contributed by atoms with E-state index in [0.717, 1.165) is 5.69 Å². The van der Waals surface area contributed by atoms with E-state index in [4.69, 9.17) is 12.2 Å². The second kappa shape index (κ2) is 7.56. The van der Waals surface area contributed by atoms with Crippen LogP contribution in [0.1, 0.15) is 12.1 Å². The predicted molar refractivity (Wildman–Crippen MR) is 110 cm³/mol. The largest absolute Gasteiger partial charge is 0.351 e. The fraction of sp³-hybridized carbons (Fsp3) is 0.167. The molecule has 3 aromatic rings. The molecule has 142 valence electrons. The summed E-state index contributed by atoms with van der Waals surface area (Å²) in [6.45, 7) is 0.202. The standard InChI is InChI=1S/C18H15N5O3S2/c1-22-8-3-4-11(22)10-14-17(25)23(18(27)28-14)9-7-15(24)19-12-5-2-6-13-16(12)21-26-20-13/h2-6,8,10H,7,9H2,1H3,(H,19,24). The monoisotopic (exact) mass is 413 g/mol. The number of nitrogens with one attached hydrogen (secondary N) is 1. The summed E-state index contributed by atoms with van der Waals surface area (Å²) in [5.41, 5.74) is 2.46. The lowest BCUT2D eigenvalue weighted by Gasteiger charge is -2.14. The Kier molecular flexibility index (Phi) is 4.97. The van der Waals surface area contributed by atoms with Crippen LogP contribution in [0.5, 0.6) is 0 Å². The van der Waals surface area contributed by atoms with Gasteiger partial charge < -0.3 is 9.88 Å². The maximum absolute atomic E-state index is 12.6. The van der Waals surface area contributed by atoms with Crippen LogP contribution in [0, 0.1) is 0 Å². The summed E-state index contributed by atoms with van der Waals surface area (Å²) < 4.78 is 7.05. The Bertz CT molecular complexity index is 1120. The molecule has 8 nitrogen and oxygen atoms in total. The first-order valence-electron chi connectivity index (χ1n) is 8.41. The Morgan fingerprint density at radius 2 is 2.18 bits per heavy atom. The van der Waals surface area contributed by atoms with Gasteiger partial charge in [0, 0.05) is 31.9 Å².